The number of hydrogen-bond acceptors (Lipinski definition) is 5. The van der Waals surface area contributed by atoms with Gasteiger partial charge in [0.25, 0.3) is 0 Å². The number of aliphatic carboxylic acids is 1. The maximum absolute atomic E-state index is 12.1. The van der Waals surface area contributed by atoms with Crippen molar-refractivity contribution >= 4 is 28.7 Å². The molecule has 1 atom stereocenters. The molecule has 1 heterocycles. The summed E-state index contributed by atoms with van der Waals surface area (Å²) in [6.45, 7) is 4.21. The number of methoxy groups -OCH3 is 1. The zero-order valence-corrected chi connectivity index (χ0v) is 18.4. The molecule has 170 valence electrons. The third-order valence-corrected chi connectivity index (χ3v) is 4.89. The van der Waals surface area contributed by atoms with Gasteiger partial charge in [0, 0.05) is 29.2 Å². The predicted octanol–water partition coefficient (Wildman–Crippen LogP) is 4.32. The Kier molecular flexibility index (Phi) is 7.72. The number of hydrogen-bond donors (Lipinski definition) is 2. The van der Waals surface area contributed by atoms with Gasteiger partial charge in [0.2, 0.25) is 0 Å². The number of anilines is 1. The van der Waals surface area contributed by atoms with Crippen LogP contribution in [0.3, 0.4) is 0 Å². The van der Waals surface area contributed by atoms with Crippen molar-refractivity contribution < 1.29 is 28.9 Å². The predicted molar refractivity (Wildman–Crippen MR) is 121 cm³/mol. The Hall–Kier alpha value is -3.52. The van der Waals surface area contributed by atoms with Crippen molar-refractivity contribution in [3.8, 4) is 5.75 Å². The molecule has 0 radical (unpaired) electrons. The number of nitrogens with zero attached hydrogens (tertiary/aromatic N) is 1. The number of para-hydroxylation sites is 1. The number of benzene rings is 2. The average Bonchev–Trinajstić information content (AvgIpc) is 3.11. The van der Waals surface area contributed by atoms with Gasteiger partial charge in [0.15, 0.2) is 6.10 Å². The Morgan fingerprint density at radius 1 is 1.09 bits per heavy atom. The number of carbonyl (C=O) groups is 2. The van der Waals surface area contributed by atoms with E-state index >= 15 is 0 Å². The van der Waals surface area contributed by atoms with Crippen molar-refractivity contribution in [3.63, 3.8) is 0 Å². The van der Waals surface area contributed by atoms with E-state index in [0.29, 0.717) is 18.0 Å². The fourth-order valence-corrected chi connectivity index (χ4v) is 3.46. The van der Waals surface area contributed by atoms with Crippen molar-refractivity contribution in [2.24, 2.45) is 0 Å². The van der Waals surface area contributed by atoms with Crippen molar-refractivity contribution in [1.82, 2.24) is 4.57 Å². The molecular weight excluding hydrogens is 412 g/mol. The summed E-state index contributed by atoms with van der Waals surface area (Å²) in [6, 6.07) is 14.7. The lowest BCUT2D eigenvalue weighted by Gasteiger charge is -2.16. The highest BCUT2D eigenvalue weighted by Gasteiger charge is 2.22. The van der Waals surface area contributed by atoms with Gasteiger partial charge in [-0.3, -0.25) is 5.32 Å². The molecule has 2 aromatic carbocycles. The quantitative estimate of drug-likeness (QED) is 0.487. The van der Waals surface area contributed by atoms with Crippen LogP contribution in [0.25, 0.3) is 10.9 Å². The van der Waals surface area contributed by atoms with E-state index in [4.69, 9.17) is 14.2 Å². The van der Waals surface area contributed by atoms with E-state index in [0.717, 1.165) is 16.5 Å². The number of carboxylic acid groups (broad SMARTS) is 1. The maximum Gasteiger partial charge on any atom is 0.411 e. The molecule has 0 fully saturated rings. The molecule has 0 bridgehead atoms. The minimum absolute atomic E-state index is 0.158. The fourth-order valence-electron chi connectivity index (χ4n) is 3.46. The number of nitrogens with one attached hydrogen (secondary N) is 1. The third kappa shape index (κ3) is 6.01. The lowest BCUT2D eigenvalue weighted by atomic mass is 10.1. The molecule has 0 aliphatic carbocycles. The summed E-state index contributed by atoms with van der Waals surface area (Å²) in [4.78, 5) is 23.7. The zero-order chi connectivity index (χ0) is 23.1. The van der Waals surface area contributed by atoms with Crippen molar-refractivity contribution in [3.05, 3.63) is 60.3 Å². The Labute approximate surface area is 186 Å². The molecule has 1 amide bonds. The topological polar surface area (TPSA) is 99.0 Å². The molecule has 3 rings (SSSR count). The first kappa shape index (κ1) is 23.1. The minimum Gasteiger partial charge on any atom is -0.497 e. The first-order valence-electron chi connectivity index (χ1n) is 10.4. The van der Waals surface area contributed by atoms with E-state index < -0.39 is 18.2 Å². The summed E-state index contributed by atoms with van der Waals surface area (Å²) < 4.78 is 17.9. The van der Waals surface area contributed by atoms with E-state index in [-0.39, 0.29) is 19.1 Å². The summed E-state index contributed by atoms with van der Waals surface area (Å²) in [5, 5.41) is 13.1. The van der Waals surface area contributed by atoms with Crippen LogP contribution in [-0.4, -0.2) is 47.7 Å². The smallest absolute Gasteiger partial charge is 0.411 e. The van der Waals surface area contributed by atoms with Crippen LogP contribution < -0.4 is 10.1 Å². The first-order chi connectivity index (χ1) is 15.4. The van der Waals surface area contributed by atoms with Gasteiger partial charge in [-0.1, -0.05) is 18.2 Å². The maximum atomic E-state index is 12.1. The average molecular weight is 440 g/mol. The Morgan fingerprint density at radius 3 is 2.47 bits per heavy atom. The van der Waals surface area contributed by atoms with E-state index in [1.165, 1.54) is 0 Å². The van der Waals surface area contributed by atoms with E-state index in [2.05, 4.69) is 5.32 Å². The van der Waals surface area contributed by atoms with Crippen LogP contribution >= 0.6 is 0 Å². The Bertz CT molecular complexity index is 1060. The first-order valence-corrected chi connectivity index (χ1v) is 10.4. The highest BCUT2D eigenvalue weighted by molar-refractivity contribution is 5.85. The highest BCUT2D eigenvalue weighted by Crippen LogP contribution is 2.24. The van der Waals surface area contributed by atoms with E-state index in [1.54, 1.807) is 31.4 Å². The molecule has 8 nitrogen and oxygen atoms in total. The van der Waals surface area contributed by atoms with Gasteiger partial charge in [-0.2, -0.15) is 0 Å². The number of amides is 1. The second-order valence-corrected chi connectivity index (χ2v) is 7.57. The molecule has 0 saturated heterocycles. The molecule has 0 spiro atoms. The molecule has 32 heavy (non-hydrogen) atoms. The monoisotopic (exact) mass is 440 g/mol. The fraction of sp³-hybridized carbons (Fsp3) is 0.333. The second-order valence-electron chi connectivity index (χ2n) is 7.57. The molecule has 0 saturated carbocycles. The highest BCUT2D eigenvalue weighted by atomic mass is 16.5. The van der Waals surface area contributed by atoms with Crippen LogP contribution in [0.15, 0.2) is 54.7 Å². The van der Waals surface area contributed by atoms with Crippen molar-refractivity contribution in [2.75, 3.05) is 19.0 Å². The largest absolute Gasteiger partial charge is 0.497 e. The van der Waals surface area contributed by atoms with Gasteiger partial charge in [-0.05, 0) is 49.7 Å². The standard InChI is InChI=1S/C24H28N2O6/c1-16(2)32-22(23(27)28)14-17-15-26(21-7-5-4-6-20(17)21)12-13-31-24(29)25-18-8-10-19(30-3)11-9-18/h4-11,15-16,22H,12-14H2,1-3H3,(H,25,29)(H,27,28). The molecule has 8 heteroatoms. The number of fused-ring (bicyclic) bond motifs is 1. The Morgan fingerprint density at radius 2 is 1.81 bits per heavy atom. The van der Waals surface area contributed by atoms with Gasteiger partial charge in [0.1, 0.15) is 12.4 Å². The molecule has 3 aromatic rings. The number of aromatic nitrogens is 1. The summed E-state index contributed by atoms with van der Waals surface area (Å²) in [6.07, 6.45) is 0.473. The van der Waals surface area contributed by atoms with Crippen LogP contribution in [-0.2, 0) is 27.2 Å². The third-order valence-electron chi connectivity index (χ3n) is 4.89. The van der Waals surface area contributed by atoms with E-state index in [1.807, 2.05) is 48.9 Å². The van der Waals surface area contributed by atoms with Crippen LogP contribution in [0.2, 0.25) is 0 Å². The van der Waals surface area contributed by atoms with Gasteiger partial charge < -0.3 is 23.9 Å². The number of carboxylic acids is 1. The summed E-state index contributed by atoms with van der Waals surface area (Å²) in [5.74, 6) is -0.294. The molecule has 0 aliphatic heterocycles. The zero-order valence-electron chi connectivity index (χ0n) is 18.4. The SMILES string of the molecule is COc1ccc(NC(=O)OCCn2cc(CC(OC(C)C)C(=O)O)c3ccccc32)cc1. The summed E-state index contributed by atoms with van der Waals surface area (Å²) in [7, 11) is 1.58. The van der Waals surface area contributed by atoms with E-state index in [9.17, 15) is 14.7 Å². The molecular formula is C24H28N2O6. The number of rotatable bonds is 10. The molecule has 2 N–H and O–H groups in total. The van der Waals surface area contributed by atoms with Crippen molar-refractivity contribution in [2.45, 2.75) is 39.0 Å². The Balaban J connectivity index is 1.64. The lowest BCUT2D eigenvalue weighted by Crippen LogP contribution is -2.29. The van der Waals surface area contributed by atoms with Gasteiger partial charge >= 0.3 is 12.1 Å². The lowest BCUT2D eigenvalue weighted by molar-refractivity contribution is -0.153. The van der Waals surface area contributed by atoms with Gasteiger partial charge in [-0.25, -0.2) is 9.59 Å². The van der Waals surface area contributed by atoms with Crippen LogP contribution in [0.1, 0.15) is 19.4 Å². The molecule has 0 aliphatic rings. The summed E-state index contributed by atoms with van der Waals surface area (Å²) in [5.41, 5.74) is 2.42. The van der Waals surface area contributed by atoms with Gasteiger partial charge in [-0.15, -0.1) is 0 Å². The number of carbonyl (C=O) groups excluding carboxylic acids is 1. The van der Waals surface area contributed by atoms with Crippen LogP contribution in [0, 0.1) is 0 Å². The van der Waals surface area contributed by atoms with Crippen molar-refractivity contribution in [1.29, 1.82) is 0 Å². The number of ether oxygens (including phenoxy) is 3. The second kappa shape index (κ2) is 10.7. The molecule has 1 aromatic heterocycles. The minimum atomic E-state index is -0.992. The van der Waals surface area contributed by atoms with Gasteiger partial charge in [0.05, 0.1) is 19.8 Å². The normalized spacial score (nSPS) is 12.0. The summed E-state index contributed by atoms with van der Waals surface area (Å²) >= 11 is 0. The molecule has 1 unspecified atom stereocenters. The van der Waals surface area contributed by atoms with Crippen LogP contribution in [0.5, 0.6) is 5.75 Å². The van der Waals surface area contributed by atoms with Crippen LogP contribution in [0.4, 0.5) is 10.5 Å².